The fraction of sp³-hybridized carbons (Fsp3) is 0.421. The van der Waals surface area contributed by atoms with Crippen molar-refractivity contribution in [1.29, 1.82) is 0 Å². The minimum atomic E-state index is -2.28. The molecule has 1 fully saturated rings. The summed E-state index contributed by atoms with van der Waals surface area (Å²) in [6.07, 6.45) is 4.04. The number of hydrogen-bond acceptors (Lipinski definition) is 7. The highest BCUT2D eigenvalue weighted by atomic mass is 31.2. The summed E-state index contributed by atoms with van der Waals surface area (Å²) in [4.78, 5) is 16.7. The Balaban J connectivity index is 1.64. The third-order valence-corrected chi connectivity index (χ3v) is 6.83. The smallest absolute Gasteiger partial charge is 0.224 e. The molecule has 0 saturated heterocycles. The molecule has 148 valence electrons. The molecule has 0 radical (unpaired) electrons. The third kappa shape index (κ3) is 3.88. The molecule has 0 bridgehead atoms. The lowest BCUT2D eigenvalue weighted by atomic mass is 9.86. The Morgan fingerprint density at radius 2 is 1.75 bits per heavy atom. The summed E-state index contributed by atoms with van der Waals surface area (Å²) in [6, 6.07) is 7.79. The van der Waals surface area contributed by atoms with Crippen LogP contribution in [0, 0.1) is 0 Å². The van der Waals surface area contributed by atoms with E-state index in [2.05, 4.69) is 20.3 Å². The first-order valence-electron chi connectivity index (χ1n) is 9.51. The summed E-state index contributed by atoms with van der Waals surface area (Å²) in [6.45, 7) is 3.51. The SMILES string of the molecule is CP(C)(=O)c1ccc(Nc2nc(N)nc3[nH]c(C4CCC(N)CC4)nc23)cc1. The molecule has 6 N–H and O–H groups in total. The molecule has 3 aromatic rings. The largest absolute Gasteiger partial charge is 0.368 e. The van der Waals surface area contributed by atoms with Crippen molar-refractivity contribution in [3.05, 3.63) is 30.1 Å². The lowest BCUT2D eigenvalue weighted by Crippen LogP contribution is -2.26. The minimum absolute atomic E-state index is 0.180. The van der Waals surface area contributed by atoms with Crippen LogP contribution in [0.2, 0.25) is 0 Å². The summed E-state index contributed by atoms with van der Waals surface area (Å²) in [5.41, 5.74) is 14.0. The maximum Gasteiger partial charge on any atom is 0.224 e. The van der Waals surface area contributed by atoms with Crippen LogP contribution in [0.15, 0.2) is 24.3 Å². The van der Waals surface area contributed by atoms with E-state index in [1.54, 1.807) is 13.3 Å². The molecule has 8 nitrogen and oxygen atoms in total. The maximum atomic E-state index is 12.2. The van der Waals surface area contributed by atoms with Crippen LogP contribution in [0.25, 0.3) is 11.2 Å². The topological polar surface area (TPSA) is 136 Å². The fourth-order valence-corrected chi connectivity index (χ4v) is 4.52. The van der Waals surface area contributed by atoms with Gasteiger partial charge >= 0.3 is 0 Å². The van der Waals surface area contributed by atoms with E-state index in [9.17, 15) is 4.57 Å². The third-order valence-electron chi connectivity index (χ3n) is 5.29. The van der Waals surface area contributed by atoms with Crippen molar-refractivity contribution in [1.82, 2.24) is 19.9 Å². The lowest BCUT2D eigenvalue weighted by Gasteiger charge is -2.24. The van der Waals surface area contributed by atoms with Crippen LogP contribution in [-0.4, -0.2) is 39.3 Å². The molecule has 2 aromatic heterocycles. The quantitative estimate of drug-likeness (QED) is 0.495. The number of hydrogen-bond donors (Lipinski definition) is 4. The summed E-state index contributed by atoms with van der Waals surface area (Å²) < 4.78 is 12.2. The van der Waals surface area contributed by atoms with Crippen LogP contribution in [0.5, 0.6) is 0 Å². The van der Waals surface area contributed by atoms with Crippen LogP contribution in [0.3, 0.4) is 0 Å². The van der Waals surface area contributed by atoms with Crippen LogP contribution >= 0.6 is 7.14 Å². The molecule has 9 heteroatoms. The molecule has 1 aliphatic carbocycles. The monoisotopic (exact) mass is 399 g/mol. The molecule has 0 aliphatic heterocycles. The van der Waals surface area contributed by atoms with Crippen molar-refractivity contribution in [2.24, 2.45) is 5.73 Å². The normalized spacial score (nSPS) is 20.4. The van der Waals surface area contributed by atoms with Crippen LogP contribution < -0.4 is 22.1 Å². The van der Waals surface area contributed by atoms with Crippen LogP contribution in [0.1, 0.15) is 37.4 Å². The van der Waals surface area contributed by atoms with Gasteiger partial charge in [-0.05, 0) is 63.3 Å². The Morgan fingerprint density at radius 3 is 2.39 bits per heavy atom. The molecule has 28 heavy (non-hydrogen) atoms. The highest BCUT2D eigenvalue weighted by Gasteiger charge is 2.24. The van der Waals surface area contributed by atoms with Gasteiger partial charge in [0.2, 0.25) is 5.95 Å². The van der Waals surface area contributed by atoms with E-state index >= 15 is 0 Å². The molecule has 1 saturated carbocycles. The van der Waals surface area contributed by atoms with Gasteiger partial charge in [0.1, 0.15) is 13.0 Å². The summed E-state index contributed by atoms with van der Waals surface area (Å²) in [7, 11) is -2.28. The van der Waals surface area contributed by atoms with Gasteiger partial charge in [-0.25, -0.2) is 4.98 Å². The van der Waals surface area contributed by atoms with Gasteiger partial charge in [-0.3, -0.25) is 0 Å². The number of fused-ring (bicyclic) bond motifs is 1. The standard InChI is InChI=1S/C19H26N7OP/c1-28(2,27)14-9-7-13(8-10-14)22-17-15-18(26-19(21)25-17)24-16(23-15)11-3-5-12(20)6-4-11/h7-12H,3-6,20H2,1-2H3,(H4,21,22,23,24,25,26). The first-order valence-corrected chi connectivity index (χ1v) is 12.1. The fourth-order valence-electron chi connectivity index (χ4n) is 3.65. The average Bonchev–Trinajstić information content (AvgIpc) is 3.06. The van der Waals surface area contributed by atoms with Gasteiger partial charge < -0.3 is 26.3 Å². The van der Waals surface area contributed by atoms with E-state index in [1.807, 2.05) is 24.3 Å². The molecule has 0 atom stereocenters. The number of aromatic nitrogens is 4. The van der Waals surface area contributed by atoms with E-state index < -0.39 is 7.14 Å². The van der Waals surface area contributed by atoms with Gasteiger partial charge in [-0.2, -0.15) is 9.97 Å². The van der Waals surface area contributed by atoms with E-state index in [-0.39, 0.29) is 12.0 Å². The number of nitrogens with zero attached hydrogens (tertiary/aromatic N) is 3. The Bertz CT molecular complexity index is 1030. The van der Waals surface area contributed by atoms with E-state index in [4.69, 9.17) is 16.5 Å². The van der Waals surface area contributed by atoms with Crippen LogP contribution in [-0.2, 0) is 4.57 Å². The number of nitrogens with two attached hydrogens (primary N) is 2. The molecule has 4 rings (SSSR count). The zero-order chi connectivity index (χ0) is 19.9. The minimum Gasteiger partial charge on any atom is -0.368 e. The Hall–Kier alpha value is -2.44. The van der Waals surface area contributed by atoms with Gasteiger partial charge in [-0.1, -0.05) is 0 Å². The molecule has 0 spiro atoms. The Kier molecular flexibility index (Phi) is 4.85. The van der Waals surface area contributed by atoms with Gasteiger partial charge in [0.05, 0.1) is 0 Å². The number of anilines is 3. The molecule has 1 aromatic carbocycles. The molecule has 0 amide bonds. The number of aromatic amines is 1. The molecule has 2 heterocycles. The van der Waals surface area contributed by atoms with Crippen molar-refractivity contribution in [2.45, 2.75) is 37.6 Å². The average molecular weight is 399 g/mol. The second-order valence-corrected chi connectivity index (χ2v) is 11.1. The predicted molar refractivity (Wildman–Crippen MR) is 114 cm³/mol. The summed E-state index contributed by atoms with van der Waals surface area (Å²) in [5.74, 6) is 2.00. The molecular formula is C19H26N7OP. The zero-order valence-electron chi connectivity index (χ0n) is 16.1. The predicted octanol–water partition coefficient (Wildman–Crippen LogP) is 2.91. The van der Waals surface area contributed by atoms with Gasteiger partial charge in [0.25, 0.3) is 0 Å². The van der Waals surface area contributed by atoms with Crippen molar-refractivity contribution >= 4 is 41.1 Å². The number of rotatable bonds is 4. The van der Waals surface area contributed by atoms with E-state index in [0.717, 1.165) is 42.5 Å². The van der Waals surface area contributed by atoms with Crippen molar-refractivity contribution in [3.63, 3.8) is 0 Å². The van der Waals surface area contributed by atoms with E-state index in [1.165, 1.54) is 0 Å². The first kappa shape index (κ1) is 18.9. The lowest BCUT2D eigenvalue weighted by molar-refractivity contribution is 0.386. The highest BCUT2D eigenvalue weighted by Crippen LogP contribution is 2.35. The highest BCUT2D eigenvalue weighted by molar-refractivity contribution is 7.70. The summed E-state index contributed by atoms with van der Waals surface area (Å²) >= 11 is 0. The number of H-pyrrole nitrogens is 1. The second kappa shape index (κ2) is 7.18. The Labute approximate surface area is 163 Å². The van der Waals surface area contributed by atoms with Crippen LogP contribution in [0.4, 0.5) is 17.5 Å². The second-order valence-electron chi connectivity index (χ2n) is 7.88. The number of benzene rings is 1. The molecule has 0 unspecified atom stereocenters. The number of nitrogen functional groups attached to an aromatic ring is 1. The summed E-state index contributed by atoms with van der Waals surface area (Å²) in [5, 5.41) is 4.10. The number of imidazole rings is 1. The van der Waals surface area contributed by atoms with Gasteiger partial charge in [0.15, 0.2) is 17.0 Å². The van der Waals surface area contributed by atoms with Gasteiger partial charge in [0, 0.05) is 23.0 Å². The van der Waals surface area contributed by atoms with E-state index in [0.29, 0.717) is 22.9 Å². The first-order chi connectivity index (χ1) is 13.3. The maximum absolute atomic E-state index is 12.2. The van der Waals surface area contributed by atoms with Crippen molar-refractivity contribution in [3.8, 4) is 0 Å². The number of nitrogens with one attached hydrogen (secondary N) is 2. The zero-order valence-corrected chi connectivity index (χ0v) is 17.0. The molecule has 1 aliphatic rings. The molecular weight excluding hydrogens is 373 g/mol. The van der Waals surface area contributed by atoms with Crippen molar-refractivity contribution in [2.75, 3.05) is 24.4 Å². The van der Waals surface area contributed by atoms with Gasteiger partial charge in [-0.15, -0.1) is 0 Å². The Morgan fingerprint density at radius 1 is 1.07 bits per heavy atom. The van der Waals surface area contributed by atoms with Crippen molar-refractivity contribution < 1.29 is 4.57 Å².